The number of hydrogen-bond donors (Lipinski definition) is 0. The standard InChI is InChI=1S/C16H16Cl2O3/c1-3-4-13(21-10-9-16(19)20-2)7-5-12-6-8-14(17)15(18)11-12/h6,8-11,13H,3-4H2,1-2H3/b10-9+. The molecule has 5 heteroatoms. The molecule has 3 nitrogen and oxygen atoms in total. The predicted molar refractivity (Wildman–Crippen MR) is 84.3 cm³/mol. The number of esters is 1. The van der Waals surface area contributed by atoms with Gasteiger partial charge in [0.1, 0.15) is 0 Å². The smallest absolute Gasteiger partial charge is 0.333 e. The maximum atomic E-state index is 10.9. The average molecular weight is 327 g/mol. The zero-order valence-corrected chi connectivity index (χ0v) is 13.4. The van der Waals surface area contributed by atoms with Crippen LogP contribution in [-0.4, -0.2) is 19.2 Å². The molecular weight excluding hydrogens is 311 g/mol. The summed E-state index contributed by atoms with van der Waals surface area (Å²) in [4.78, 5) is 10.9. The first-order valence-corrected chi connectivity index (χ1v) is 7.19. The van der Waals surface area contributed by atoms with Gasteiger partial charge in [0.05, 0.1) is 29.5 Å². The van der Waals surface area contributed by atoms with E-state index >= 15 is 0 Å². The maximum Gasteiger partial charge on any atom is 0.333 e. The van der Waals surface area contributed by atoms with Crippen molar-refractivity contribution in [1.29, 1.82) is 0 Å². The molecule has 0 aliphatic heterocycles. The van der Waals surface area contributed by atoms with Crippen LogP contribution >= 0.6 is 23.2 Å². The van der Waals surface area contributed by atoms with Crippen molar-refractivity contribution in [2.24, 2.45) is 0 Å². The number of benzene rings is 1. The average Bonchev–Trinajstić information content (AvgIpc) is 2.48. The van der Waals surface area contributed by atoms with Gasteiger partial charge in [0.25, 0.3) is 0 Å². The van der Waals surface area contributed by atoms with Gasteiger partial charge in [-0.2, -0.15) is 0 Å². The van der Waals surface area contributed by atoms with Crippen LogP contribution in [0.25, 0.3) is 0 Å². The molecule has 1 aromatic carbocycles. The molecule has 0 N–H and O–H groups in total. The molecule has 0 radical (unpaired) electrons. The molecule has 1 aromatic rings. The maximum absolute atomic E-state index is 10.9. The Morgan fingerprint density at radius 1 is 1.38 bits per heavy atom. The van der Waals surface area contributed by atoms with Crippen molar-refractivity contribution in [2.45, 2.75) is 25.9 Å². The number of ether oxygens (including phenoxy) is 2. The summed E-state index contributed by atoms with van der Waals surface area (Å²) in [5.41, 5.74) is 0.756. The van der Waals surface area contributed by atoms with Crippen LogP contribution < -0.4 is 0 Å². The van der Waals surface area contributed by atoms with Crippen molar-refractivity contribution in [2.75, 3.05) is 7.11 Å². The fourth-order valence-electron chi connectivity index (χ4n) is 1.43. The van der Waals surface area contributed by atoms with Gasteiger partial charge in [-0.15, -0.1) is 0 Å². The van der Waals surface area contributed by atoms with E-state index in [1.807, 2.05) is 6.92 Å². The van der Waals surface area contributed by atoms with Gasteiger partial charge in [-0.1, -0.05) is 48.4 Å². The number of carbonyl (C=O) groups excluding carboxylic acids is 1. The van der Waals surface area contributed by atoms with Gasteiger partial charge in [0.2, 0.25) is 0 Å². The van der Waals surface area contributed by atoms with Gasteiger partial charge in [0.15, 0.2) is 6.10 Å². The van der Waals surface area contributed by atoms with E-state index in [2.05, 4.69) is 16.6 Å². The summed E-state index contributed by atoms with van der Waals surface area (Å²) >= 11 is 11.8. The Balaban J connectivity index is 2.74. The van der Waals surface area contributed by atoms with E-state index in [1.54, 1.807) is 18.2 Å². The number of carbonyl (C=O) groups is 1. The summed E-state index contributed by atoms with van der Waals surface area (Å²) < 4.78 is 9.89. The molecule has 112 valence electrons. The lowest BCUT2D eigenvalue weighted by molar-refractivity contribution is -0.135. The molecule has 0 aromatic heterocycles. The second-order valence-electron chi connectivity index (χ2n) is 4.14. The van der Waals surface area contributed by atoms with E-state index in [0.29, 0.717) is 10.0 Å². The molecule has 0 fully saturated rings. The largest absolute Gasteiger partial charge is 0.485 e. The van der Waals surface area contributed by atoms with Gasteiger partial charge in [-0.05, 0) is 24.6 Å². The summed E-state index contributed by atoms with van der Waals surface area (Å²) in [7, 11) is 1.31. The Kier molecular flexibility index (Phi) is 7.74. The molecule has 21 heavy (non-hydrogen) atoms. The lowest BCUT2D eigenvalue weighted by atomic mass is 10.2. The highest BCUT2D eigenvalue weighted by Crippen LogP contribution is 2.22. The van der Waals surface area contributed by atoms with Gasteiger partial charge >= 0.3 is 5.97 Å². The Morgan fingerprint density at radius 3 is 2.76 bits per heavy atom. The topological polar surface area (TPSA) is 35.5 Å². The van der Waals surface area contributed by atoms with Gasteiger partial charge in [-0.25, -0.2) is 4.79 Å². The quantitative estimate of drug-likeness (QED) is 0.352. The van der Waals surface area contributed by atoms with Gasteiger partial charge in [0, 0.05) is 5.56 Å². The first-order valence-electron chi connectivity index (χ1n) is 6.43. The first-order chi connectivity index (χ1) is 10.1. The van der Waals surface area contributed by atoms with Crippen LogP contribution in [-0.2, 0) is 14.3 Å². The second-order valence-corrected chi connectivity index (χ2v) is 4.95. The highest BCUT2D eigenvalue weighted by atomic mass is 35.5. The number of hydrogen-bond acceptors (Lipinski definition) is 3. The van der Waals surface area contributed by atoms with Crippen molar-refractivity contribution < 1.29 is 14.3 Å². The molecule has 0 saturated heterocycles. The highest BCUT2D eigenvalue weighted by Gasteiger charge is 2.03. The van der Waals surface area contributed by atoms with Crippen LogP contribution in [0, 0.1) is 11.8 Å². The van der Waals surface area contributed by atoms with E-state index in [9.17, 15) is 4.79 Å². The van der Waals surface area contributed by atoms with Crippen molar-refractivity contribution in [3.8, 4) is 11.8 Å². The third-order valence-corrected chi connectivity index (χ3v) is 3.24. The van der Waals surface area contributed by atoms with E-state index in [0.717, 1.165) is 18.4 Å². The van der Waals surface area contributed by atoms with Crippen LogP contribution in [0.2, 0.25) is 10.0 Å². The summed E-state index contributed by atoms with van der Waals surface area (Å²) in [6.07, 6.45) is 3.87. The lowest BCUT2D eigenvalue weighted by Crippen LogP contribution is -2.06. The van der Waals surface area contributed by atoms with Crippen molar-refractivity contribution >= 4 is 29.2 Å². The normalized spacial score (nSPS) is 11.6. The summed E-state index contributed by atoms with van der Waals surface area (Å²) in [6.45, 7) is 2.03. The second kappa shape index (κ2) is 9.33. The first kappa shape index (κ1) is 17.4. The van der Waals surface area contributed by atoms with Crippen molar-refractivity contribution in [3.63, 3.8) is 0 Å². The van der Waals surface area contributed by atoms with E-state index in [-0.39, 0.29) is 6.10 Å². The summed E-state index contributed by atoms with van der Waals surface area (Å²) in [5.74, 6) is 5.51. The van der Waals surface area contributed by atoms with Crippen LogP contribution in [0.1, 0.15) is 25.3 Å². The molecule has 1 rings (SSSR count). The van der Waals surface area contributed by atoms with Crippen LogP contribution in [0.5, 0.6) is 0 Å². The third-order valence-electron chi connectivity index (χ3n) is 2.50. The van der Waals surface area contributed by atoms with Gasteiger partial charge in [-0.3, -0.25) is 0 Å². The molecular formula is C16H16Cl2O3. The minimum Gasteiger partial charge on any atom is -0.485 e. The molecule has 0 bridgehead atoms. The van der Waals surface area contributed by atoms with Crippen LogP contribution in [0.4, 0.5) is 0 Å². The minimum atomic E-state index is -0.470. The molecule has 0 aliphatic rings. The lowest BCUT2D eigenvalue weighted by Gasteiger charge is -2.08. The Bertz CT molecular complexity index is 571. The Hall–Kier alpha value is -1.63. The molecule has 1 atom stereocenters. The summed E-state index contributed by atoms with van der Waals surface area (Å²) in [5, 5.41) is 0.951. The summed E-state index contributed by atoms with van der Waals surface area (Å²) in [6, 6.07) is 5.18. The molecule has 0 amide bonds. The van der Waals surface area contributed by atoms with Crippen LogP contribution in [0.3, 0.4) is 0 Å². The fourth-order valence-corrected chi connectivity index (χ4v) is 1.73. The van der Waals surface area contributed by atoms with E-state index in [4.69, 9.17) is 27.9 Å². The SMILES string of the molecule is CCCC(C#Cc1ccc(Cl)c(Cl)c1)O/C=C/C(=O)OC. The predicted octanol–water partition coefficient (Wildman–Crippen LogP) is 4.22. The van der Waals surface area contributed by atoms with Gasteiger partial charge < -0.3 is 9.47 Å². The van der Waals surface area contributed by atoms with Crippen molar-refractivity contribution in [3.05, 3.63) is 46.1 Å². The molecule has 0 heterocycles. The van der Waals surface area contributed by atoms with E-state index in [1.165, 1.54) is 19.4 Å². The monoisotopic (exact) mass is 326 g/mol. The molecule has 0 saturated carbocycles. The Labute approximate surface area is 134 Å². The highest BCUT2D eigenvalue weighted by molar-refractivity contribution is 6.42. The zero-order chi connectivity index (χ0) is 15.7. The molecule has 0 aliphatic carbocycles. The fraction of sp³-hybridized carbons (Fsp3) is 0.312. The Morgan fingerprint density at radius 2 is 2.14 bits per heavy atom. The number of halogens is 2. The van der Waals surface area contributed by atoms with Crippen LogP contribution in [0.15, 0.2) is 30.5 Å². The third kappa shape index (κ3) is 6.57. The zero-order valence-electron chi connectivity index (χ0n) is 11.9. The van der Waals surface area contributed by atoms with Crippen molar-refractivity contribution in [1.82, 2.24) is 0 Å². The minimum absolute atomic E-state index is 0.301. The number of methoxy groups -OCH3 is 1. The molecule has 0 spiro atoms. The van der Waals surface area contributed by atoms with E-state index < -0.39 is 5.97 Å². The molecule has 1 unspecified atom stereocenters. The number of rotatable bonds is 5.